The molecule has 2 fully saturated rings. The maximum Gasteiger partial charge on any atom is 0.124 e. The molecule has 5 heteroatoms. The summed E-state index contributed by atoms with van der Waals surface area (Å²) in [6, 6.07) is 10.6. The summed E-state index contributed by atoms with van der Waals surface area (Å²) in [5.74, 6) is 4.62. The molecular formula is C26H26FN3O. The van der Waals surface area contributed by atoms with E-state index in [4.69, 9.17) is 6.42 Å². The van der Waals surface area contributed by atoms with Crippen LogP contribution in [-0.4, -0.2) is 21.3 Å². The number of terminal acetylenes is 1. The number of hydrogen-bond acceptors (Lipinski definition) is 4. The van der Waals surface area contributed by atoms with Gasteiger partial charge >= 0.3 is 0 Å². The van der Waals surface area contributed by atoms with Gasteiger partial charge in [-0.2, -0.15) is 0 Å². The molecule has 2 N–H and O–H groups in total. The molecule has 4 nitrogen and oxygen atoms in total. The first-order valence-corrected chi connectivity index (χ1v) is 11.0. The van der Waals surface area contributed by atoms with Crippen molar-refractivity contribution in [3.63, 3.8) is 0 Å². The summed E-state index contributed by atoms with van der Waals surface area (Å²) >= 11 is 0. The van der Waals surface area contributed by atoms with Crippen LogP contribution in [0.1, 0.15) is 49.3 Å². The molecule has 158 valence electrons. The number of rotatable bonds is 5. The summed E-state index contributed by atoms with van der Waals surface area (Å²) in [7, 11) is 0. The van der Waals surface area contributed by atoms with Crippen molar-refractivity contribution in [3.8, 4) is 12.3 Å². The molecule has 0 saturated heterocycles. The van der Waals surface area contributed by atoms with Crippen LogP contribution in [0.4, 0.5) is 10.1 Å². The van der Waals surface area contributed by atoms with Gasteiger partial charge in [0, 0.05) is 11.6 Å². The smallest absolute Gasteiger partial charge is 0.124 e. The van der Waals surface area contributed by atoms with Gasteiger partial charge in [0.15, 0.2) is 0 Å². The van der Waals surface area contributed by atoms with E-state index in [1.807, 2.05) is 12.3 Å². The van der Waals surface area contributed by atoms with Gasteiger partial charge in [0.1, 0.15) is 17.7 Å². The average molecular weight is 416 g/mol. The van der Waals surface area contributed by atoms with E-state index in [0.717, 1.165) is 48.7 Å². The van der Waals surface area contributed by atoms with E-state index in [1.54, 1.807) is 24.4 Å². The fraction of sp³-hybridized carbons (Fsp3) is 0.385. The molecule has 31 heavy (non-hydrogen) atoms. The molecule has 5 atom stereocenters. The standard InChI is InChI=1S/C26H26FN3O/c1-2-21-4-5-22(15-29-21)30-26(31)11-16-9-17-12-19(13-18(17)10-16)23-7-8-28-25-6-3-20(27)14-24(23)25/h1,3-8,14-19,26,30-31H,9-13H2/t16?,17-,18+,19?,26?. The highest BCUT2D eigenvalue weighted by Crippen LogP contribution is 2.54. The zero-order valence-corrected chi connectivity index (χ0v) is 17.3. The predicted molar refractivity (Wildman–Crippen MR) is 120 cm³/mol. The molecule has 3 aromatic rings. The highest BCUT2D eigenvalue weighted by Gasteiger charge is 2.42. The fourth-order valence-corrected chi connectivity index (χ4v) is 5.82. The van der Waals surface area contributed by atoms with Crippen molar-refractivity contribution < 1.29 is 9.50 Å². The SMILES string of the molecule is C#Cc1ccc(NC(O)CC2C[C@@H]3CC(c4ccnc5ccc(F)cc45)C[C@@H]3C2)cn1. The van der Waals surface area contributed by atoms with Crippen LogP contribution in [-0.2, 0) is 0 Å². The Hall–Kier alpha value is -2.97. The largest absolute Gasteiger partial charge is 0.374 e. The van der Waals surface area contributed by atoms with Gasteiger partial charge in [-0.1, -0.05) is 5.92 Å². The van der Waals surface area contributed by atoms with Gasteiger partial charge in [0.2, 0.25) is 0 Å². The van der Waals surface area contributed by atoms with Gasteiger partial charge in [0.25, 0.3) is 0 Å². The third-order valence-corrected chi connectivity index (χ3v) is 7.09. The van der Waals surface area contributed by atoms with Gasteiger partial charge in [-0.05, 0) is 97.7 Å². The van der Waals surface area contributed by atoms with Crippen molar-refractivity contribution in [1.82, 2.24) is 9.97 Å². The maximum atomic E-state index is 13.8. The molecule has 1 aromatic carbocycles. The molecule has 0 radical (unpaired) electrons. The van der Waals surface area contributed by atoms with Crippen molar-refractivity contribution in [3.05, 3.63) is 65.9 Å². The quantitative estimate of drug-likeness (QED) is 0.450. The molecule has 3 unspecified atom stereocenters. The van der Waals surface area contributed by atoms with Gasteiger partial charge in [-0.25, -0.2) is 9.37 Å². The van der Waals surface area contributed by atoms with Crippen molar-refractivity contribution in [2.24, 2.45) is 17.8 Å². The lowest BCUT2D eigenvalue weighted by atomic mass is 9.89. The number of aliphatic hydroxyl groups excluding tert-OH is 1. The van der Waals surface area contributed by atoms with E-state index in [0.29, 0.717) is 29.4 Å². The minimum atomic E-state index is -0.592. The second-order valence-corrected chi connectivity index (χ2v) is 9.06. The summed E-state index contributed by atoms with van der Waals surface area (Å²) in [5.41, 5.74) is 3.47. The predicted octanol–water partition coefficient (Wildman–Crippen LogP) is 5.09. The van der Waals surface area contributed by atoms with E-state index in [9.17, 15) is 9.50 Å². The highest BCUT2D eigenvalue weighted by atomic mass is 19.1. The molecule has 0 aliphatic heterocycles. The fourth-order valence-electron chi connectivity index (χ4n) is 5.82. The van der Waals surface area contributed by atoms with Crippen molar-refractivity contribution in [1.29, 1.82) is 0 Å². The number of anilines is 1. The number of fused-ring (bicyclic) bond motifs is 2. The zero-order chi connectivity index (χ0) is 21.4. The number of benzene rings is 1. The molecule has 0 amide bonds. The number of aromatic nitrogens is 2. The van der Waals surface area contributed by atoms with Crippen LogP contribution >= 0.6 is 0 Å². The summed E-state index contributed by atoms with van der Waals surface area (Å²) in [5, 5.41) is 14.6. The van der Waals surface area contributed by atoms with Crippen molar-refractivity contribution in [2.75, 3.05) is 5.32 Å². The van der Waals surface area contributed by atoms with Crippen molar-refractivity contribution >= 4 is 16.6 Å². The molecule has 2 saturated carbocycles. The molecule has 2 heterocycles. The Morgan fingerprint density at radius 2 is 1.90 bits per heavy atom. The first-order chi connectivity index (χ1) is 15.1. The number of hydrogen-bond donors (Lipinski definition) is 2. The Bertz CT molecular complexity index is 1110. The van der Waals surface area contributed by atoms with Gasteiger partial charge < -0.3 is 10.4 Å². The van der Waals surface area contributed by atoms with Crippen LogP contribution < -0.4 is 5.32 Å². The molecule has 0 spiro atoms. The van der Waals surface area contributed by atoms with Gasteiger partial charge in [-0.15, -0.1) is 6.42 Å². The minimum Gasteiger partial charge on any atom is -0.374 e. The molecular weight excluding hydrogens is 389 g/mol. The first kappa shape index (κ1) is 20.0. The van der Waals surface area contributed by atoms with Crippen LogP contribution in [0.2, 0.25) is 0 Å². The molecule has 2 aliphatic carbocycles. The van der Waals surface area contributed by atoms with Crippen LogP contribution in [0, 0.1) is 35.9 Å². The zero-order valence-electron chi connectivity index (χ0n) is 17.3. The van der Waals surface area contributed by atoms with Crippen LogP contribution in [0.25, 0.3) is 10.9 Å². The second kappa shape index (κ2) is 8.28. The van der Waals surface area contributed by atoms with E-state index in [2.05, 4.69) is 27.3 Å². The maximum absolute atomic E-state index is 13.8. The van der Waals surface area contributed by atoms with E-state index < -0.39 is 6.23 Å². The van der Waals surface area contributed by atoms with Crippen LogP contribution in [0.3, 0.4) is 0 Å². The van der Waals surface area contributed by atoms with Crippen LogP contribution in [0.5, 0.6) is 0 Å². The van der Waals surface area contributed by atoms with E-state index in [-0.39, 0.29) is 5.82 Å². The van der Waals surface area contributed by atoms with Gasteiger partial charge in [0.05, 0.1) is 17.4 Å². The summed E-state index contributed by atoms with van der Waals surface area (Å²) in [6.07, 6.45) is 13.5. The number of nitrogens with one attached hydrogen (secondary N) is 1. The molecule has 5 rings (SSSR count). The normalized spacial score (nSPS) is 25.8. The molecule has 2 aliphatic rings. The summed E-state index contributed by atoms with van der Waals surface area (Å²) in [6.45, 7) is 0. The van der Waals surface area contributed by atoms with Gasteiger partial charge in [-0.3, -0.25) is 4.98 Å². The van der Waals surface area contributed by atoms with Crippen LogP contribution in [0.15, 0.2) is 48.8 Å². The Kier molecular flexibility index (Phi) is 5.33. The Labute approximate surface area is 181 Å². The van der Waals surface area contributed by atoms with Crippen molar-refractivity contribution in [2.45, 2.75) is 44.2 Å². The number of aliphatic hydroxyl groups is 1. The average Bonchev–Trinajstić information content (AvgIpc) is 3.32. The number of nitrogens with zero attached hydrogens (tertiary/aromatic N) is 2. The number of halogens is 1. The minimum absolute atomic E-state index is 0.203. The Morgan fingerprint density at radius 3 is 2.61 bits per heavy atom. The lowest BCUT2D eigenvalue weighted by Gasteiger charge is -2.20. The van der Waals surface area contributed by atoms with E-state index >= 15 is 0 Å². The second-order valence-electron chi connectivity index (χ2n) is 9.06. The third kappa shape index (κ3) is 4.13. The Morgan fingerprint density at radius 1 is 1.10 bits per heavy atom. The van der Waals surface area contributed by atoms with E-state index in [1.165, 1.54) is 11.6 Å². The summed E-state index contributed by atoms with van der Waals surface area (Å²) < 4.78 is 13.8. The topological polar surface area (TPSA) is 58.0 Å². The first-order valence-electron chi connectivity index (χ1n) is 11.0. The Balaban J connectivity index is 1.19. The highest BCUT2D eigenvalue weighted by molar-refractivity contribution is 5.82. The number of pyridine rings is 2. The third-order valence-electron chi connectivity index (χ3n) is 7.09. The molecule has 2 aromatic heterocycles. The lowest BCUT2D eigenvalue weighted by molar-refractivity contribution is 0.166. The summed E-state index contributed by atoms with van der Waals surface area (Å²) in [4.78, 5) is 8.55. The molecule has 0 bridgehead atoms. The lowest BCUT2D eigenvalue weighted by Crippen LogP contribution is -2.22. The monoisotopic (exact) mass is 415 g/mol.